The Balaban J connectivity index is 1.80. The van der Waals surface area contributed by atoms with Crippen LogP contribution >= 0.6 is 11.8 Å². The van der Waals surface area contributed by atoms with Gasteiger partial charge in [-0.3, -0.25) is 10.2 Å². The van der Waals surface area contributed by atoms with Crippen molar-refractivity contribution in [1.29, 1.82) is 0 Å². The van der Waals surface area contributed by atoms with Gasteiger partial charge in [0, 0.05) is 25.4 Å². The molecule has 4 heteroatoms. The fraction of sp³-hybridized carbons (Fsp3) is 0.875. The highest BCUT2D eigenvalue weighted by molar-refractivity contribution is 8.01. The molecule has 2 heterocycles. The third-order valence-electron chi connectivity index (χ3n) is 2.15. The lowest BCUT2D eigenvalue weighted by Gasteiger charge is -2.36. The van der Waals surface area contributed by atoms with Gasteiger partial charge in [-0.25, -0.2) is 0 Å². The fourth-order valence-corrected chi connectivity index (χ4v) is 2.19. The first-order chi connectivity index (χ1) is 5.97. The van der Waals surface area contributed by atoms with Crippen LogP contribution in [-0.2, 0) is 4.74 Å². The van der Waals surface area contributed by atoms with Gasteiger partial charge in [0.25, 0.3) is 0 Å². The van der Waals surface area contributed by atoms with Gasteiger partial charge >= 0.3 is 0 Å². The fourth-order valence-electron chi connectivity index (χ4n) is 1.47. The summed E-state index contributed by atoms with van der Waals surface area (Å²) in [5.41, 5.74) is 0. The molecule has 2 fully saturated rings. The zero-order chi connectivity index (χ0) is 8.23. The molecule has 2 rings (SSSR count). The Bertz CT molecular complexity index is 117. The molecule has 0 spiro atoms. The van der Waals surface area contributed by atoms with Gasteiger partial charge in [0.1, 0.15) is 0 Å². The van der Waals surface area contributed by atoms with Crippen LogP contribution in [0.4, 0.5) is 0 Å². The van der Waals surface area contributed by atoms with Gasteiger partial charge in [0.2, 0.25) is 0 Å². The lowest BCUT2D eigenvalue weighted by Crippen LogP contribution is -2.52. The Hall–Kier alpha value is 0.230. The number of morpholine rings is 1. The Morgan fingerprint density at radius 2 is 2.25 bits per heavy atom. The van der Waals surface area contributed by atoms with Gasteiger partial charge in [0.15, 0.2) is 0 Å². The van der Waals surface area contributed by atoms with E-state index in [1.165, 1.54) is 0 Å². The van der Waals surface area contributed by atoms with Gasteiger partial charge in [0.05, 0.1) is 25.1 Å². The maximum atomic E-state index is 5.29. The molecule has 0 aromatic rings. The van der Waals surface area contributed by atoms with Crippen molar-refractivity contribution in [2.45, 2.75) is 6.17 Å². The maximum absolute atomic E-state index is 5.29. The number of hydrogen-bond acceptors (Lipinski definition) is 4. The van der Waals surface area contributed by atoms with Crippen molar-refractivity contribution < 1.29 is 4.74 Å². The number of rotatable bonds is 1. The van der Waals surface area contributed by atoms with Crippen molar-refractivity contribution >= 4 is 11.8 Å². The van der Waals surface area contributed by atoms with Crippen LogP contribution in [0.2, 0.25) is 0 Å². The minimum atomic E-state index is 0.354. The van der Waals surface area contributed by atoms with Crippen LogP contribution in [0.1, 0.15) is 0 Å². The summed E-state index contributed by atoms with van der Waals surface area (Å²) in [7, 11) is 0. The molecule has 0 aliphatic carbocycles. The third-order valence-corrected chi connectivity index (χ3v) is 2.95. The largest absolute Gasteiger partial charge is 0.379 e. The van der Waals surface area contributed by atoms with E-state index in [-0.39, 0.29) is 0 Å². The number of thioether (sulfide) groups is 1. The van der Waals surface area contributed by atoms with Crippen LogP contribution in [0.5, 0.6) is 0 Å². The van der Waals surface area contributed by atoms with E-state index in [2.05, 4.69) is 16.0 Å². The van der Waals surface area contributed by atoms with Gasteiger partial charge in [-0.1, -0.05) is 0 Å². The summed E-state index contributed by atoms with van der Waals surface area (Å²) in [6, 6.07) is 0. The summed E-state index contributed by atoms with van der Waals surface area (Å²) < 4.78 is 5.29. The topological polar surface area (TPSA) is 24.5 Å². The van der Waals surface area contributed by atoms with E-state index < -0.39 is 0 Å². The molecule has 3 nitrogen and oxygen atoms in total. The van der Waals surface area contributed by atoms with Crippen molar-refractivity contribution in [3.05, 3.63) is 5.75 Å². The normalized spacial score (nSPS) is 33.5. The van der Waals surface area contributed by atoms with Crippen molar-refractivity contribution in [2.24, 2.45) is 0 Å². The molecular formula is C8H14N2OS. The Morgan fingerprint density at radius 1 is 1.42 bits per heavy atom. The predicted octanol–water partition coefficient (Wildman–Crippen LogP) is 0.0199. The summed E-state index contributed by atoms with van der Waals surface area (Å²) in [6.07, 6.45) is 0.354. The summed E-state index contributed by atoms with van der Waals surface area (Å²) in [4.78, 5) is 2.38. The van der Waals surface area contributed by atoms with Crippen LogP contribution in [-0.4, -0.2) is 49.7 Å². The van der Waals surface area contributed by atoms with Gasteiger partial charge in [-0.05, 0) is 0 Å². The molecule has 12 heavy (non-hydrogen) atoms. The predicted molar refractivity (Wildman–Crippen MR) is 49.9 cm³/mol. The average molecular weight is 186 g/mol. The highest BCUT2D eigenvalue weighted by Crippen LogP contribution is 2.16. The second-order valence-electron chi connectivity index (χ2n) is 2.97. The lowest BCUT2D eigenvalue weighted by atomic mass is 10.3. The number of hydrogen-bond donors (Lipinski definition) is 1. The first kappa shape index (κ1) is 8.81. The van der Waals surface area contributed by atoms with Crippen molar-refractivity contribution in [2.75, 3.05) is 38.6 Å². The minimum Gasteiger partial charge on any atom is -0.379 e. The molecule has 0 aromatic heterocycles. The van der Waals surface area contributed by atoms with E-state index in [0.717, 1.165) is 38.6 Å². The Labute approximate surface area is 77.8 Å². The molecule has 0 saturated carbocycles. The molecule has 1 atom stereocenters. The first-order valence-corrected chi connectivity index (χ1v) is 5.38. The molecule has 68 valence electrons. The van der Waals surface area contributed by atoms with Gasteiger partial charge < -0.3 is 4.74 Å². The molecule has 0 amide bonds. The number of ether oxygens (including phenoxy) is 1. The molecule has 2 aliphatic rings. The first-order valence-electron chi connectivity index (χ1n) is 4.39. The van der Waals surface area contributed by atoms with Crippen molar-refractivity contribution in [3.63, 3.8) is 0 Å². The Kier molecular flexibility index (Phi) is 3.28. The molecule has 1 N–H and O–H groups in total. The second-order valence-corrected chi connectivity index (χ2v) is 3.90. The Morgan fingerprint density at radius 3 is 2.92 bits per heavy atom. The molecule has 2 saturated heterocycles. The van der Waals surface area contributed by atoms with E-state index >= 15 is 0 Å². The summed E-state index contributed by atoms with van der Waals surface area (Å²) >= 11 is 1.80. The summed E-state index contributed by atoms with van der Waals surface area (Å²) in [6.45, 7) is 4.89. The van der Waals surface area contributed by atoms with E-state index in [1.807, 2.05) is 0 Å². The standard InChI is InChI=1S/C8H14N2OS/c1-6-12-7-8(9-1)10-2-4-11-5-3-10/h8-9H,1-6H2. The zero-order valence-corrected chi connectivity index (χ0v) is 7.90. The monoisotopic (exact) mass is 186 g/mol. The smallest absolute Gasteiger partial charge is 0.0826 e. The SMILES string of the molecule is [C]1SCCNC1N1CCOCC1. The minimum absolute atomic E-state index is 0.354. The lowest BCUT2D eigenvalue weighted by molar-refractivity contribution is 0.0180. The van der Waals surface area contributed by atoms with Crippen molar-refractivity contribution in [1.82, 2.24) is 10.2 Å². The second kappa shape index (κ2) is 4.46. The molecule has 2 aliphatic heterocycles. The van der Waals surface area contributed by atoms with Crippen LogP contribution in [0.3, 0.4) is 0 Å². The summed E-state index contributed by atoms with van der Waals surface area (Å²) in [5.74, 6) is 4.52. The molecule has 0 bridgehead atoms. The average Bonchev–Trinajstić information content (AvgIpc) is 2.21. The number of nitrogens with one attached hydrogen (secondary N) is 1. The highest BCUT2D eigenvalue weighted by atomic mass is 32.2. The van der Waals surface area contributed by atoms with Crippen LogP contribution < -0.4 is 5.32 Å². The van der Waals surface area contributed by atoms with E-state index in [1.54, 1.807) is 11.8 Å². The van der Waals surface area contributed by atoms with E-state index in [0.29, 0.717) is 6.17 Å². The highest BCUT2D eigenvalue weighted by Gasteiger charge is 2.22. The molecular weight excluding hydrogens is 172 g/mol. The molecule has 0 aromatic carbocycles. The van der Waals surface area contributed by atoms with Crippen LogP contribution in [0.15, 0.2) is 0 Å². The van der Waals surface area contributed by atoms with Gasteiger partial charge in [-0.2, -0.15) is 0 Å². The maximum Gasteiger partial charge on any atom is 0.0826 e. The summed E-state index contributed by atoms with van der Waals surface area (Å²) in [5, 5.41) is 3.43. The quantitative estimate of drug-likeness (QED) is 0.624. The third kappa shape index (κ3) is 2.13. The zero-order valence-electron chi connectivity index (χ0n) is 7.08. The molecule has 2 radical (unpaired) electrons. The van der Waals surface area contributed by atoms with Gasteiger partial charge in [-0.15, -0.1) is 11.8 Å². The van der Waals surface area contributed by atoms with Crippen molar-refractivity contribution in [3.8, 4) is 0 Å². The van der Waals surface area contributed by atoms with Crippen LogP contribution in [0.25, 0.3) is 0 Å². The van der Waals surface area contributed by atoms with E-state index in [4.69, 9.17) is 4.74 Å². The van der Waals surface area contributed by atoms with E-state index in [9.17, 15) is 0 Å². The molecule has 1 unspecified atom stereocenters. The van der Waals surface area contributed by atoms with Crippen LogP contribution in [0, 0.1) is 5.75 Å². The number of nitrogens with zero attached hydrogens (tertiary/aromatic N) is 1.